The minimum absolute atomic E-state index is 0.221. The van der Waals surface area contributed by atoms with Gasteiger partial charge >= 0.3 is 0 Å². The number of primary amides is 1. The highest BCUT2D eigenvalue weighted by Gasteiger charge is 2.20. The molecule has 0 aliphatic heterocycles. The molecule has 120 valence electrons. The van der Waals surface area contributed by atoms with Gasteiger partial charge in [-0.2, -0.15) is 0 Å². The Balaban J connectivity index is 1.78. The molecule has 1 aromatic carbocycles. The van der Waals surface area contributed by atoms with E-state index >= 15 is 0 Å². The average Bonchev–Trinajstić information content (AvgIpc) is 2.61. The van der Waals surface area contributed by atoms with Crippen molar-refractivity contribution in [1.82, 2.24) is 15.3 Å². The van der Waals surface area contributed by atoms with Crippen LogP contribution in [-0.2, 0) is 11.2 Å². The first-order valence-corrected chi connectivity index (χ1v) is 7.49. The Morgan fingerprint density at radius 3 is 2.58 bits per heavy atom. The summed E-state index contributed by atoms with van der Waals surface area (Å²) in [6.45, 7) is 0. The van der Waals surface area contributed by atoms with Gasteiger partial charge in [-0.05, 0) is 24.3 Å². The first-order valence-electron chi connectivity index (χ1n) is 7.49. The van der Waals surface area contributed by atoms with Crippen molar-refractivity contribution in [2.45, 2.75) is 12.5 Å². The number of fused-ring (bicyclic) bond motifs is 1. The number of pyridine rings is 2. The smallest absolute Gasteiger partial charge is 0.270 e. The van der Waals surface area contributed by atoms with Gasteiger partial charge in [0.1, 0.15) is 11.7 Å². The number of hydrogen-bond donors (Lipinski definition) is 2. The number of hydrogen-bond acceptors (Lipinski definition) is 4. The standard InChI is InChI=1S/C18H16N4O2/c19-17(23)16(22-18(24)15-7-3-4-10-20-15)11-13-9-8-12-5-1-2-6-14(12)21-13/h1-10,16H,11H2,(H2,19,23)(H,22,24)/t16-/m1/s1. The molecule has 6 heteroatoms. The van der Waals surface area contributed by atoms with Crippen LogP contribution in [0.5, 0.6) is 0 Å². The zero-order valence-electron chi connectivity index (χ0n) is 12.8. The molecular formula is C18H16N4O2. The predicted molar refractivity (Wildman–Crippen MR) is 90.1 cm³/mol. The molecule has 24 heavy (non-hydrogen) atoms. The van der Waals surface area contributed by atoms with E-state index < -0.39 is 17.9 Å². The summed E-state index contributed by atoms with van der Waals surface area (Å²) < 4.78 is 0. The van der Waals surface area contributed by atoms with Crippen LogP contribution in [0.3, 0.4) is 0 Å². The Labute approximate surface area is 138 Å². The van der Waals surface area contributed by atoms with Crippen LogP contribution in [0.25, 0.3) is 10.9 Å². The highest BCUT2D eigenvalue weighted by atomic mass is 16.2. The molecule has 3 N–H and O–H groups in total. The second kappa shape index (κ2) is 6.87. The molecule has 6 nitrogen and oxygen atoms in total. The molecule has 0 bridgehead atoms. The molecule has 2 aromatic heterocycles. The van der Waals surface area contributed by atoms with Gasteiger partial charge in [0.25, 0.3) is 5.91 Å². The number of para-hydroxylation sites is 1. The second-order valence-electron chi connectivity index (χ2n) is 5.34. The molecule has 3 aromatic rings. The summed E-state index contributed by atoms with van der Waals surface area (Å²) >= 11 is 0. The number of aromatic nitrogens is 2. The number of carbonyl (C=O) groups excluding carboxylic acids is 2. The fourth-order valence-electron chi connectivity index (χ4n) is 2.38. The van der Waals surface area contributed by atoms with Crippen LogP contribution >= 0.6 is 0 Å². The van der Waals surface area contributed by atoms with E-state index in [4.69, 9.17) is 5.73 Å². The lowest BCUT2D eigenvalue weighted by Crippen LogP contribution is -2.46. The highest BCUT2D eigenvalue weighted by Crippen LogP contribution is 2.13. The molecule has 0 aliphatic carbocycles. The Hall–Kier alpha value is -3.28. The minimum Gasteiger partial charge on any atom is -0.368 e. The molecule has 0 saturated heterocycles. The van der Waals surface area contributed by atoms with Crippen molar-refractivity contribution < 1.29 is 9.59 Å². The SMILES string of the molecule is NC(=O)[C@@H](Cc1ccc2ccccc2n1)NC(=O)c1ccccn1. The molecule has 0 saturated carbocycles. The fraction of sp³-hybridized carbons (Fsp3) is 0.111. The molecule has 0 aliphatic rings. The van der Waals surface area contributed by atoms with E-state index in [0.29, 0.717) is 5.69 Å². The van der Waals surface area contributed by atoms with Crippen molar-refractivity contribution in [2.75, 3.05) is 0 Å². The first-order chi connectivity index (χ1) is 11.6. The maximum absolute atomic E-state index is 12.2. The van der Waals surface area contributed by atoms with Crippen LogP contribution in [0.4, 0.5) is 0 Å². The Kier molecular flexibility index (Phi) is 4.47. The molecule has 2 amide bonds. The predicted octanol–water partition coefficient (Wildman–Crippen LogP) is 1.46. The van der Waals surface area contributed by atoms with Gasteiger partial charge in [-0.25, -0.2) is 0 Å². The number of amides is 2. The largest absolute Gasteiger partial charge is 0.368 e. The van der Waals surface area contributed by atoms with Gasteiger partial charge in [0.2, 0.25) is 5.91 Å². The summed E-state index contributed by atoms with van der Waals surface area (Å²) in [5.74, 6) is -1.06. The van der Waals surface area contributed by atoms with E-state index in [1.165, 1.54) is 6.20 Å². The molecule has 3 rings (SSSR count). The first kappa shape index (κ1) is 15.6. The van der Waals surface area contributed by atoms with Crippen LogP contribution in [0, 0.1) is 0 Å². The van der Waals surface area contributed by atoms with Crippen molar-refractivity contribution in [3.63, 3.8) is 0 Å². The number of benzene rings is 1. The van der Waals surface area contributed by atoms with Gasteiger partial charge < -0.3 is 11.1 Å². The summed E-state index contributed by atoms with van der Waals surface area (Å²) in [5, 5.41) is 3.62. The Bertz CT molecular complexity index is 880. The summed E-state index contributed by atoms with van der Waals surface area (Å²) in [6.07, 6.45) is 1.73. The van der Waals surface area contributed by atoms with Crippen LogP contribution in [0.15, 0.2) is 60.8 Å². The van der Waals surface area contributed by atoms with Crippen LogP contribution in [0.1, 0.15) is 16.2 Å². The lowest BCUT2D eigenvalue weighted by atomic mass is 10.1. The van der Waals surface area contributed by atoms with Crippen molar-refractivity contribution in [3.8, 4) is 0 Å². The lowest BCUT2D eigenvalue weighted by molar-refractivity contribution is -0.119. The van der Waals surface area contributed by atoms with Crippen molar-refractivity contribution in [3.05, 3.63) is 72.2 Å². The molecule has 0 unspecified atom stereocenters. The summed E-state index contributed by atoms with van der Waals surface area (Å²) in [4.78, 5) is 32.3. The third-order valence-corrected chi connectivity index (χ3v) is 3.62. The van der Waals surface area contributed by atoms with E-state index in [-0.39, 0.29) is 12.1 Å². The van der Waals surface area contributed by atoms with Crippen LogP contribution < -0.4 is 11.1 Å². The second-order valence-corrected chi connectivity index (χ2v) is 5.34. The van der Waals surface area contributed by atoms with Crippen molar-refractivity contribution >= 4 is 22.7 Å². The third kappa shape index (κ3) is 3.55. The highest BCUT2D eigenvalue weighted by molar-refractivity contribution is 5.95. The van der Waals surface area contributed by atoms with Gasteiger partial charge in [-0.15, -0.1) is 0 Å². The van der Waals surface area contributed by atoms with Crippen LogP contribution in [-0.4, -0.2) is 27.8 Å². The molecule has 1 atom stereocenters. The monoisotopic (exact) mass is 320 g/mol. The number of nitrogens with one attached hydrogen (secondary N) is 1. The van der Waals surface area contributed by atoms with Crippen molar-refractivity contribution in [1.29, 1.82) is 0 Å². The number of carbonyl (C=O) groups is 2. The van der Waals surface area contributed by atoms with Crippen LogP contribution in [0.2, 0.25) is 0 Å². The topological polar surface area (TPSA) is 98.0 Å². The summed E-state index contributed by atoms with van der Waals surface area (Å²) in [5.41, 5.74) is 7.16. The van der Waals surface area contributed by atoms with Gasteiger partial charge in [-0.3, -0.25) is 19.6 Å². The van der Waals surface area contributed by atoms with Gasteiger partial charge in [0.05, 0.1) is 5.52 Å². The van der Waals surface area contributed by atoms with E-state index in [1.807, 2.05) is 36.4 Å². The van der Waals surface area contributed by atoms with E-state index in [0.717, 1.165) is 10.9 Å². The van der Waals surface area contributed by atoms with E-state index in [2.05, 4.69) is 15.3 Å². The zero-order valence-corrected chi connectivity index (χ0v) is 12.8. The summed E-state index contributed by atoms with van der Waals surface area (Å²) in [7, 11) is 0. The maximum Gasteiger partial charge on any atom is 0.270 e. The van der Waals surface area contributed by atoms with Gasteiger partial charge in [-0.1, -0.05) is 30.3 Å². The zero-order chi connectivity index (χ0) is 16.9. The quantitative estimate of drug-likeness (QED) is 0.743. The normalized spacial score (nSPS) is 11.8. The maximum atomic E-state index is 12.2. The minimum atomic E-state index is -0.854. The van der Waals surface area contributed by atoms with Gasteiger partial charge in [0, 0.05) is 23.7 Å². The number of rotatable bonds is 5. The fourth-order valence-corrected chi connectivity index (χ4v) is 2.38. The molecule has 0 fully saturated rings. The molecule has 0 radical (unpaired) electrons. The average molecular weight is 320 g/mol. The number of nitrogens with zero attached hydrogens (tertiary/aromatic N) is 2. The summed E-state index contributed by atoms with van der Waals surface area (Å²) in [6, 6.07) is 15.6. The lowest BCUT2D eigenvalue weighted by Gasteiger charge is -2.15. The number of nitrogens with two attached hydrogens (primary N) is 1. The van der Waals surface area contributed by atoms with Crippen molar-refractivity contribution in [2.24, 2.45) is 5.73 Å². The molecule has 0 spiro atoms. The van der Waals surface area contributed by atoms with E-state index in [1.54, 1.807) is 18.2 Å². The van der Waals surface area contributed by atoms with E-state index in [9.17, 15) is 9.59 Å². The molecular weight excluding hydrogens is 304 g/mol. The third-order valence-electron chi connectivity index (χ3n) is 3.62. The Morgan fingerprint density at radius 2 is 1.83 bits per heavy atom. The molecule has 2 heterocycles. The Morgan fingerprint density at radius 1 is 1.04 bits per heavy atom. The van der Waals surface area contributed by atoms with Gasteiger partial charge in [0.15, 0.2) is 0 Å².